The number of hydrogen-bond donors (Lipinski definition) is 1. The Morgan fingerprint density at radius 3 is 2.55 bits per heavy atom. The van der Waals surface area contributed by atoms with Crippen LogP contribution in [0.25, 0.3) is 0 Å². The second kappa shape index (κ2) is 5.55. The molecule has 2 aromatic carbocycles. The molecule has 0 aromatic heterocycles. The molecule has 20 heavy (non-hydrogen) atoms. The van der Waals surface area contributed by atoms with Crippen LogP contribution in [-0.2, 0) is 6.42 Å². The number of nitrogens with two attached hydrogens (primary N) is 1. The number of benzene rings is 2. The maximum absolute atomic E-state index is 5.96. The highest BCUT2D eigenvalue weighted by Gasteiger charge is 2.17. The van der Waals surface area contributed by atoms with Gasteiger partial charge in [-0.3, -0.25) is 0 Å². The molecule has 0 saturated heterocycles. The van der Waals surface area contributed by atoms with Crippen LogP contribution in [0, 0.1) is 6.92 Å². The summed E-state index contributed by atoms with van der Waals surface area (Å²) in [6.45, 7) is 3.03. The normalized spacial score (nSPS) is 14.3. The van der Waals surface area contributed by atoms with E-state index in [0.717, 1.165) is 17.9 Å². The van der Waals surface area contributed by atoms with Crippen LogP contribution in [0.1, 0.15) is 22.6 Å². The average molecular weight is 269 g/mol. The van der Waals surface area contributed by atoms with E-state index in [1.807, 2.05) is 12.1 Å². The SMILES string of the molecule is Cc1ccc(CC(CN)c2ccc3c(c2)OCO3)cc1. The van der Waals surface area contributed by atoms with Crippen molar-refractivity contribution < 1.29 is 9.47 Å². The Bertz CT molecular complexity index is 592. The van der Waals surface area contributed by atoms with Crippen molar-refractivity contribution in [2.45, 2.75) is 19.3 Å². The van der Waals surface area contributed by atoms with Gasteiger partial charge in [-0.25, -0.2) is 0 Å². The summed E-state index contributed by atoms with van der Waals surface area (Å²) in [6.07, 6.45) is 0.941. The molecule has 0 radical (unpaired) electrons. The highest BCUT2D eigenvalue weighted by atomic mass is 16.7. The molecule has 0 saturated carbocycles. The van der Waals surface area contributed by atoms with E-state index >= 15 is 0 Å². The molecule has 3 nitrogen and oxygen atoms in total. The summed E-state index contributed by atoms with van der Waals surface area (Å²) >= 11 is 0. The molecule has 0 bridgehead atoms. The van der Waals surface area contributed by atoms with Crippen molar-refractivity contribution >= 4 is 0 Å². The van der Waals surface area contributed by atoms with Gasteiger partial charge >= 0.3 is 0 Å². The Balaban J connectivity index is 1.81. The van der Waals surface area contributed by atoms with Crippen LogP contribution in [0.4, 0.5) is 0 Å². The number of rotatable bonds is 4. The minimum atomic E-state index is 0.298. The monoisotopic (exact) mass is 269 g/mol. The van der Waals surface area contributed by atoms with Crippen LogP contribution in [0.5, 0.6) is 11.5 Å². The van der Waals surface area contributed by atoms with Gasteiger partial charge in [-0.2, -0.15) is 0 Å². The molecule has 1 unspecified atom stereocenters. The van der Waals surface area contributed by atoms with E-state index in [9.17, 15) is 0 Å². The van der Waals surface area contributed by atoms with E-state index in [2.05, 4.69) is 37.3 Å². The Morgan fingerprint density at radius 2 is 1.80 bits per heavy atom. The molecule has 1 heterocycles. The van der Waals surface area contributed by atoms with E-state index in [1.165, 1.54) is 16.7 Å². The highest BCUT2D eigenvalue weighted by Crippen LogP contribution is 2.35. The lowest BCUT2D eigenvalue weighted by molar-refractivity contribution is 0.174. The third-order valence-corrected chi connectivity index (χ3v) is 3.76. The first kappa shape index (κ1) is 13.0. The Kier molecular flexibility index (Phi) is 3.61. The standard InChI is InChI=1S/C17H19NO2/c1-12-2-4-13(5-3-12)8-15(10-18)14-6-7-16-17(9-14)20-11-19-16/h2-7,9,15H,8,10-11,18H2,1H3. The fraction of sp³-hybridized carbons (Fsp3) is 0.294. The topological polar surface area (TPSA) is 44.5 Å². The molecule has 2 aromatic rings. The van der Waals surface area contributed by atoms with Crippen LogP contribution in [0.2, 0.25) is 0 Å². The summed E-state index contributed by atoms with van der Waals surface area (Å²) in [5.41, 5.74) is 9.75. The number of hydrogen-bond acceptors (Lipinski definition) is 3. The molecule has 1 aliphatic rings. The largest absolute Gasteiger partial charge is 0.454 e. The fourth-order valence-corrected chi connectivity index (χ4v) is 2.51. The Hall–Kier alpha value is -2.00. The van der Waals surface area contributed by atoms with Gasteiger partial charge in [0.1, 0.15) is 0 Å². The molecule has 2 N–H and O–H groups in total. The average Bonchev–Trinajstić information content (AvgIpc) is 2.94. The molecule has 0 amide bonds. The van der Waals surface area contributed by atoms with Gasteiger partial charge in [-0.15, -0.1) is 0 Å². The van der Waals surface area contributed by atoms with Crippen molar-refractivity contribution in [2.24, 2.45) is 5.73 Å². The molecule has 104 valence electrons. The van der Waals surface area contributed by atoms with Crippen molar-refractivity contribution in [3.05, 3.63) is 59.2 Å². The van der Waals surface area contributed by atoms with Crippen molar-refractivity contribution in [1.29, 1.82) is 0 Å². The second-order valence-corrected chi connectivity index (χ2v) is 5.24. The van der Waals surface area contributed by atoms with E-state index in [1.54, 1.807) is 0 Å². The highest BCUT2D eigenvalue weighted by molar-refractivity contribution is 5.45. The van der Waals surface area contributed by atoms with Gasteiger partial charge in [0.15, 0.2) is 11.5 Å². The van der Waals surface area contributed by atoms with Gasteiger partial charge in [-0.1, -0.05) is 35.9 Å². The maximum Gasteiger partial charge on any atom is 0.231 e. The van der Waals surface area contributed by atoms with Crippen molar-refractivity contribution in [2.75, 3.05) is 13.3 Å². The van der Waals surface area contributed by atoms with Crippen LogP contribution in [0.15, 0.2) is 42.5 Å². The van der Waals surface area contributed by atoms with Gasteiger partial charge in [0.2, 0.25) is 6.79 Å². The minimum Gasteiger partial charge on any atom is -0.454 e. The number of fused-ring (bicyclic) bond motifs is 1. The van der Waals surface area contributed by atoms with Crippen LogP contribution >= 0.6 is 0 Å². The van der Waals surface area contributed by atoms with Crippen LogP contribution in [0.3, 0.4) is 0 Å². The maximum atomic E-state index is 5.96. The lowest BCUT2D eigenvalue weighted by Gasteiger charge is -2.16. The van der Waals surface area contributed by atoms with Crippen molar-refractivity contribution in [1.82, 2.24) is 0 Å². The predicted molar refractivity (Wildman–Crippen MR) is 79.2 cm³/mol. The summed E-state index contributed by atoms with van der Waals surface area (Å²) in [7, 11) is 0. The molecule has 3 rings (SSSR count). The van der Waals surface area contributed by atoms with Gasteiger partial charge in [0.25, 0.3) is 0 Å². The third-order valence-electron chi connectivity index (χ3n) is 3.76. The lowest BCUT2D eigenvalue weighted by atomic mass is 9.91. The number of aryl methyl sites for hydroxylation is 1. The number of ether oxygens (including phenoxy) is 2. The molecule has 1 atom stereocenters. The second-order valence-electron chi connectivity index (χ2n) is 5.24. The quantitative estimate of drug-likeness (QED) is 0.928. The molecular weight excluding hydrogens is 250 g/mol. The van der Waals surface area contributed by atoms with Crippen molar-refractivity contribution in [3.63, 3.8) is 0 Å². The van der Waals surface area contributed by atoms with Gasteiger partial charge in [-0.05, 0) is 43.1 Å². The van der Waals surface area contributed by atoms with Gasteiger partial charge < -0.3 is 15.2 Å². The zero-order valence-corrected chi connectivity index (χ0v) is 11.6. The first-order valence-corrected chi connectivity index (χ1v) is 6.91. The summed E-state index contributed by atoms with van der Waals surface area (Å²) in [4.78, 5) is 0. The summed E-state index contributed by atoms with van der Waals surface area (Å²) in [5, 5.41) is 0. The van der Waals surface area contributed by atoms with E-state index in [4.69, 9.17) is 15.2 Å². The molecule has 1 aliphatic heterocycles. The first-order valence-electron chi connectivity index (χ1n) is 6.91. The fourth-order valence-electron chi connectivity index (χ4n) is 2.51. The summed E-state index contributed by atoms with van der Waals surface area (Å²) in [5.74, 6) is 1.94. The zero-order chi connectivity index (χ0) is 13.9. The molecule has 0 aliphatic carbocycles. The van der Waals surface area contributed by atoms with Gasteiger partial charge in [0.05, 0.1) is 0 Å². The van der Waals surface area contributed by atoms with Crippen LogP contribution in [-0.4, -0.2) is 13.3 Å². The minimum absolute atomic E-state index is 0.298. The Morgan fingerprint density at radius 1 is 1.05 bits per heavy atom. The van der Waals surface area contributed by atoms with Crippen LogP contribution < -0.4 is 15.2 Å². The molecule has 3 heteroatoms. The molecule has 0 fully saturated rings. The van der Waals surface area contributed by atoms with E-state index in [-0.39, 0.29) is 0 Å². The zero-order valence-electron chi connectivity index (χ0n) is 11.6. The third kappa shape index (κ3) is 2.63. The predicted octanol–water partition coefficient (Wildman–Crippen LogP) is 3.01. The first-order chi connectivity index (χ1) is 9.76. The van der Waals surface area contributed by atoms with E-state index in [0.29, 0.717) is 19.3 Å². The lowest BCUT2D eigenvalue weighted by Crippen LogP contribution is -2.15. The van der Waals surface area contributed by atoms with Gasteiger partial charge in [0, 0.05) is 5.92 Å². The summed E-state index contributed by atoms with van der Waals surface area (Å²) in [6, 6.07) is 14.7. The van der Waals surface area contributed by atoms with E-state index < -0.39 is 0 Å². The molecular formula is C17H19NO2. The Labute approximate surface area is 119 Å². The molecule has 0 spiro atoms. The summed E-state index contributed by atoms with van der Waals surface area (Å²) < 4.78 is 10.8. The van der Waals surface area contributed by atoms with Crippen molar-refractivity contribution in [3.8, 4) is 11.5 Å². The smallest absolute Gasteiger partial charge is 0.231 e.